The van der Waals surface area contributed by atoms with Gasteiger partial charge >= 0.3 is 0 Å². The van der Waals surface area contributed by atoms with Crippen molar-refractivity contribution in [1.29, 1.82) is 5.26 Å². The van der Waals surface area contributed by atoms with Crippen LogP contribution in [-0.4, -0.2) is 26.7 Å². The molecule has 0 spiro atoms. The van der Waals surface area contributed by atoms with E-state index < -0.39 is 5.91 Å². The van der Waals surface area contributed by atoms with E-state index in [2.05, 4.69) is 27.8 Å². The zero-order valence-electron chi connectivity index (χ0n) is 15.5. The molecule has 2 aromatic rings. The third-order valence-electron chi connectivity index (χ3n) is 3.62. The molecule has 0 radical (unpaired) electrons. The van der Waals surface area contributed by atoms with Crippen molar-refractivity contribution in [3.05, 3.63) is 64.7 Å². The van der Waals surface area contributed by atoms with Crippen LogP contribution in [0, 0.1) is 11.3 Å². The number of halogens is 1. The molecule has 0 saturated carbocycles. The van der Waals surface area contributed by atoms with Crippen LogP contribution in [0.4, 0.5) is 5.69 Å². The summed E-state index contributed by atoms with van der Waals surface area (Å²) in [6.45, 7) is 3.93. The Morgan fingerprint density at radius 2 is 1.96 bits per heavy atom. The van der Waals surface area contributed by atoms with Gasteiger partial charge in [-0.3, -0.25) is 4.79 Å². The first-order valence-corrected chi connectivity index (χ1v) is 9.00. The smallest absolute Gasteiger partial charge is 0.266 e. The van der Waals surface area contributed by atoms with Crippen molar-refractivity contribution in [3.8, 4) is 23.3 Å². The second-order valence-corrected chi connectivity index (χ2v) is 6.34. The Balaban J connectivity index is 2.27. The summed E-state index contributed by atoms with van der Waals surface area (Å²) in [4.78, 5) is 12.4. The molecule has 0 atom stereocenters. The number of methoxy groups -OCH3 is 2. The SMILES string of the molecule is C=CCOc1c(Br)cc(/C=C(\C#N)C(=O)Nc2ccc(OC)cc2)cc1OC. The van der Waals surface area contributed by atoms with E-state index in [0.29, 0.717) is 39.6 Å². The minimum atomic E-state index is -0.519. The van der Waals surface area contributed by atoms with Crippen LogP contribution < -0.4 is 19.5 Å². The predicted octanol–water partition coefficient (Wildman–Crippen LogP) is 4.58. The maximum atomic E-state index is 12.4. The van der Waals surface area contributed by atoms with Gasteiger partial charge in [0.25, 0.3) is 5.91 Å². The summed E-state index contributed by atoms with van der Waals surface area (Å²) in [5.74, 6) is 1.13. The van der Waals surface area contributed by atoms with Crippen LogP contribution in [0.5, 0.6) is 17.2 Å². The molecule has 28 heavy (non-hydrogen) atoms. The van der Waals surface area contributed by atoms with Crippen LogP contribution in [0.3, 0.4) is 0 Å². The average Bonchev–Trinajstić information content (AvgIpc) is 2.71. The molecule has 1 N–H and O–H groups in total. The Bertz CT molecular complexity index is 931. The molecule has 0 fully saturated rings. The second kappa shape index (κ2) is 10.2. The fourth-order valence-electron chi connectivity index (χ4n) is 2.29. The van der Waals surface area contributed by atoms with E-state index in [1.807, 2.05) is 6.07 Å². The summed E-state index contributed by atoms with van der Waals surface area (Å²) in [7, 11) is 3.07. The number of carbonyl (C=O) groups excluding carboxylic acids is 1. The minimum Gasteiger partial charge on any atom is -0.497 e. The largest absolute Gasteiger partial charge is 0.497 e. The van der Waals surface area contributed by atoms with Gasteiger partial charge in [0.15, 0.2) is 11.5 Å². The lowest BCUT2D eigenvalue weighted by Gasteiger charge is -2.12. The highest BCUT2D eigenvalue weighted by Crippen LogP contribution is 2.37. The van der Waals surface area contributed by atoms with E-state index in [0.717, 1.165) is 0 Å². The van der Waals surface area contributed by atoms with Crippen molar-refractivity contribution in [1.82, 2.24) is 0 Å². The van der Waals surface area contributed by atoms with Crippen molar-refractivity contribution in [2.45, 2.75) is 0 Å². The van der Waals surface area contributed by atoms with Crippen molar-refractivity contribution >= 4 is 33.6 Å². The highest BCUT2D eigenvalue weighted by molar-refractivity contribution is 9.10. The molecule has 6 nitrogen and oxygen atoms in total. The third kappa shape index (κ3) is 5.38. The predicted molar refractivity (Wildman–Crippen MR) is 112 cm³/mol. The Kier molecular flexibility index (Phi) is 7.66. The van der Waals surface area contributed by atoms with Gasteiger partial charge in [-0.1, -0.05) is 12.7 Å². The lowest BCUT2D eigenvalue weighted by molar-refractivity contribution is -0.112. The van der Waals surface area contributed by atoms with Crippen molar-refractivity contribution in [2.75, 3.05) is 26.1 Å². The molecule has 0 aliphatic rings. The maximum Gasteiger partial charge on any atom is 0.266 e. The molecular weight excluding hydrogens is 424 g/mol. The normalized spacial score (nSPS) is 10.6. The van der Waals surface area contributed by atoms with E-state index in [-0.39, 0.29) is 5.57 Å². The van der Waals surface area contributed by atoms with Gasteiger partial charge in [0.05, 0.1) is 18.7 Å². The summed E-state index contributed by atoms with van der Waals surface area (Å²) in [5.41, 5.74) is 1.11. The number of carbonyl (C=O) groups is 1. The molecule has 0 aliphatic carbocycles. The summed E-state index contributed by atoms with van der Waals surface area (Å²) >= 11 is 3.42. The van der Waals surface area contributed by atoms with Gasteiger partial charge < -0.3 is 19.5 Å². The molecule has 0 saturated heterocycles. The fourth-order valence-corrected chi connectivity index (χ4v) is 2.87. The van der Waals surface area contributed by atoms with Crippen molar-refractivity contribution in [3.63, 3.8) is 0 Å². The van der Waals surface area contributed by atoms with Gasteiger partial charge in [0.2, 0.25) is 0 Å². The first kappa shape index (κ1) is 21.1. The van der Waals surface area contributed by atoms with E-state index in [1.54, 1.807) is 49.6 Å². The first-order chi connectivity index (χ1) is 13.5. The zero-order chi connectivity index (χ0) is 20.5. The Morgan fingerprint density at radius 3 is 2.54 bits per heavy atom. The van der Waals surface area contributed by atoms with Crippen molar-refractivity contribution < 1.29 is 19.0 Å². The lowest BCUT2D eigenvalue weighted by Crippen LogP contribution is -2.13. The van der Waals surface area contributed by atoms with Gasteiger partial charge in [-0.2, -0.15) is 5.26 Å². The number of anilines is 1. The molecule has 2 aromatic carbocycles. The molecule has 144 valence electrons. The highest BCUT2D eigenvalue weighted by Gasteiger charge is 2.14. The number of nitriles is 1. The standard InChI is InChI=1S/C21H19BrN2O4/c1-4-9-28-20-18(22)11-14(12-19(20)27-3)10-15(13-23)21(25)24-16-5-7-17(26-2)8-6-16/h4-8,10-12H,1,9H2,2-3H3,(H,24,25)/b15-10+. The van der Waals surface area contributed by atoms with Crippen molar-refractivity contribution in [2.24, 2.45) is 0 Å². The summed E-state index contributed by atoms with van der Waals surface area (Å²) in [6, 6.07) is 12.2. The second-order valence-electron chi connectivity index (χ2n) is 5.49. The minimum absolute atomic E-state index is 0.0514. The molecule has 0 heterocycles. The number of hydrogen-bond donors (Lipinski definition) is 1. The van der Waals surface area contributed by atoms with Crippen LogP contribution in [0.15, 0.2) is 59.1 Å². The molecular formula is C21H19BrN2O4. The number of rotatable bonds is 8. The first-order valence-electron chi connectivity index (χ1n) is 8.20. The number of hydrogen-bond acceptors (Lipinski definition) is 5. The Labute approximate surface area is 172 Å². The third-order valence-corrected chi connectivity index (χ3v) is 4.21. The van der Waals surface area contributed by atoms with Crippen LogP contribution in [-0.2, 0) is 4.79 Å². The lowest BCUT2D eigenvalue weighted by atomic mass is 10.1. The molecule has 2 rings (SSSR count). The van der Waals surface area contributed by atoms with Crippen LogP contribution in [0.2, 0.25) is 0 Å². The number of ether oxygens (including phenoxy) is 3. The molecule has 7 heteroatoms. The molecule has 1 amide bonds. The Morgan fingerprint density at radius 1 is 1.25 bits per heavy atom. The fraction of sp³-hybridized carbons (Fsp3) is 0.143. The molecule has 0 unspecified atom stereocenters. The van der Waals surface area contributed by atoms with Crippen LogP contribution >= 0.6 is 15.9 Å². The molecule has 0 aromatic heterocycles. The van der Waals surface area contributed by atoms with E-state index >= 15 is 0 Å². The number of nitrogens with one attached hydrogen (secondary N) is 1. The van der Waals surface area contributed by atoms with Gasteiger partial charge in [-0.15, -0.1) is 0 Å². The van der Waals surface area contributed by atoms with E-state index in [9.17, 15) is 10.1 Å². The summed E-state index contributed by atoms with van der Waals surface area (Å²) < 4.78 is 16.6. The summed E-state index contributed by atoms with van der Waals surface area (Å²) in [6.07, 6.45) is 3.10. The van der Waals surface area contributed by atoms with Gasteiger partial charge in [0.1, 0.15) is 24.0 Å². The van der Waals surface area contributed by atoms with Crippen LogP contribution in [0.1, 0.15) is 5.56 Å². The van der Waals surface area contributed by atoms with Gasteiger partial charge in [-0.05, 0) is 64.0 Å². The number of amides is 1. The van der Waals surface area contributed by atoms with Gasteiger partial charge in [0, 0.05) is 5.69 Å². The zero-order valence-corrected chi connectivity index (χ0v) is 17.1. The maximum absolute atomic E-state index is 12.4. The Hall–Kier alpha value is -3.24. The van der Waals surface area contributed by atoms with E-state index in [1.165, 1.54) is 13.2 Å². The topological polar surface area (TPSA) is 80.6 Å². The number of nitrogens with zero attached hydrogens (tertiary/aromatic N) is 1. The highest BCUT2D eigenvalue weighted by atomic mass is 79.9. The van der Waals surface area contributed by atoms with E-state index in [4.69, 9.17) is 14.2 Å². The average molecular weight is 443 g/mol. The summed E-state index contributed by atoms with van der Waals surface area (Å²) in [5, 5.41) is 12.1. The molecule has 0 aliphatic heterocycles. The quantitative estimate of drug-likeness (QED) is 0.367. The number of benzene rings is 2. The van der Waals surface area contributed by atoms with Crippen LogP contribution in [0.25, 0.3) is 6.08 Å². The monoisotopic (exact) mass is 442 g/mol. The molecule has 0 bridgehead atoms. The van der Waals surface area contributed by atoms with Gasteiger partial charge in [-0.25, -0.2) is 0 Å².